The molecule has 2 N–H and O–H groups in total. The molecule has 9 heteroatoms. The van der Waals surface area contributed by atoms with Crippen molar-refractivity contribution in [1.82, 2.24) is 5.32 Å². The first-order valence-corrected chi connectivity index (χ1v) is 7.95. The lowest BCUT2D eigenvalue weighted by Crippen LogP contribution is -2.34. The molecule has 2 aromatic carbocycles. The van der Waals surface area contributed by atoms with Gasteiger partial charge in [0.25, 0.3) is 5.91 Å². The van der Waals surface area contributed by atoms with Crippen LogP contribution in [0.25, 0.3) is 0 Å². The van der Waals surface area contributed by atoms with Crippen LogP contribution in [0, 0.1) is 0 Å². The molecule has 0 heterocycles. The highest BCUT2D eigenvalue weighted by molar-refractivity contribution is 7.80. The van der Waals surface area contributed by atoms with E-state index in [1.54, 1.807) is 12.1 Å². The van der Waals surface area contributed by atoms with E-state index in [4.69, 9.17) is 40.2 Å². The van der Waals surface area contributed by atoms with Crippen LogP contribution >= 0.6 is 35.4 Å². The summed E-state index contributed by atoms with van der Waals surface area (Å²) in [6.45, 7) is 0. The molecule has 2 aromatic rings. The molecule has 0 aliphatic heterocycles. The summed E-state index contributed by atoms with van der Waals surface area (Å²) >= 11 is 16.9. The van der Waals surface area contributed by atoms with Crippen LogP contribution in [-0.4, -0.2) is 24.1 Å². The maximum atomic E-state index is 12.3. The number of thiocarbonyl (C=S) groups is 1. The summed E-state index contributed by atoms with van der Waals surface area (Å²) in [7, 11) is 1.42. The molecule has 130 valence electrons. The molecule has 0 aliphatic carbocycles. The number of benzene rings is 2. The Morgan fingerprint density at radius 2 is 1.88 bits per heavy atom. The SMILES string of the molecule is COc1ccc(Cl)cc1C(=O)NC(=S)Nc1cc(C(=O)[O-])ccc1Cl. The van der Waals surface area contributed by atoms with Crippen LogP contribution in [-0.2, 0) is 0 Å². The summed E-state index contributed by atoms with van der Waals surface area (Å²) in [5.41, 5.74) is 0.318. The molecular formula is C16H11Cl2N2O4S-. The van der Waals surface area contributed by atoms with Crippen LogP contribution in [0.3, 0.4) is 0 Å². The number of carbonyl (C=O) groups is 2. The highest BCUT2D eigenvalue weighted by Crippen LogP contribution is 2.24. The van der Waals surface area contributed by atoms with Gasteiger partial charge >= 0.3 is 0 Å². The maximum absolute atomic E-state index is 12.3. The van der Waals surface area contributed by atoms with Crippen molar-refractivity contribution in [3.63, 3.8) is 0 Å². The number of carboxylic acids is 1. The van der Waals surface area contributed by atoms with Crippen molar-refractivity contribution in [2.24, 2.45) is 0 Å². The smallest absolute Gasteiger partial charge is 0.261 e. The van der Waals surface area contributed by atoms with Gasteiger partial charge in [-0.1, -0.05) is 29.3 Å². The highest BCUT2D eigenvalue weighted by Gasteiger charge is 2.15. The second kappa shape index (κ2) is 8.15. The third-order valence-corrected chi connectivity index (χ3v) is 3.85. The minimum atomic E-state index is -1.36. The fourth-order valence-electron chi connectivity index (χ4n) is 1.93. The zero-order valence-corrected chi connectivity index (χ0v) is 15.1. The van der Waals surface area contributed by atoms with Gasteiger partial charge in [0.1, 0.15) is 5.75 Å². The van der Waals surface area contributed by atoms with E-state index in [1.807, 2.05) is 0 Å². The number of halogens is 2. The average molecular weight is 398 g/mol. The zero-order chi connectivity index (χ0) is 18.6. The topological polar surface area (TPSA) is 90.5 Å². The van der Waals surface area contributed by atoms with Gasteiger partial charge in [0.2, 0.25) is 0 Å². The summed E-state index contributed by atoms with van der Waals surface area (Å²) < 4.78 is 5.11. The molecule has 2 rings (SSSR count). The maximum Gasteiger partial charge on any atom is 0.261 e. The number of rotatable bonds is 4. The number of ether oxygens (including phenoxy) is 1. The Hall–Kier alpha value is -2.35. The summed E-state index contributed by atoms with van der Waals surface area (Å²) in [6.07, 6.45) is 0. The van der Waals surface area contributed by atoms with E-state index < -0.39 is 11.9 Å². The summed E-state index contributed by atoms with van der Waals surface area (Å²) in [6, 6.07) is 8.48. The van der Waals surface area contributed by atoms with Gasteiger partial charge in [0.15, 0.2) is 5.11 Å². The second-order valence-corrected chi connectivity index (χ2v) is 5.99. The van der Waals surface area contributed by atoms with E-state index in [2.05, 4.69) is 10.6 Å². The first-order chi connectivity index (χ1) is 11.8. The van der Waals surface area contributed by atoms with Gasteiger partial charge < -0.3 is 20.0 Å². The van der Waals surface area contributed by atoms with Gasteiger partial charge in [-0.3, -0.25) is 10.1 Å². The fourth-order valence-corrected chi connectivity index (χ4v) is 2.47. The van der Waals surface area contributed by atoms with Crippen molar-refractivity contribution >= 4 is 58.1 Å². The lowest BCUT2D eigenvalue weighted by Gasteiger charge is -2.14. The molecule has 0 aromatic heterocycles. The molecule has 0 bridgehead atoms. The number of carbonyl (C=O) groups excluding carboxylic acids is 2. The average Bonchev–Trinajstić information content (AvgIpc) is 2.56. The lowest BCUT2D eigenvalue weighted by molar-refractivity contribution is -0.255. The Labute approximate surface area is 158 Å². The zero-order valence-electron chi connectivity index (χ0n) is 12.8. The highest BCUT2D eigenvalue weighted by atomic mass is 35.5. The third-order valence-electron chi connectivity index (χ3n) is 3.08. The first kappa shape index (κ1) is 19.0. The Balaban J connectivity index is 2.15. The van der Waals surface area contributed by atoms with Crippen LogP contribution in [0.1, 0.15) is 20.7 Å². The van der Waals surface area contributed by atoms with Crippen molar-refractivity contribution in [3.05, 3.63) is 57.6 Å². The quantitative estimate of drug-likeness (QED) is 0.770. The van der Waals surface area contributed by atoms with Crippen molar-refractivity contribution in [2.45, 2.75) is 0 Å². The Bertz CT molecular complexity index is 858. The molecule has 0 aliphatic rings. The van der Waals surface area contributed by atoms with E-state index in [-0.39, 0.29) is 26.9 Å². The number of nitrogens with one attached hydrogen (secondary N) is 2. The molecule has 0 spiro atoms. The Morgan fingerprint density at radius 1 is 1.16 bits per heavy atom. The molecule has 6 nitrogen and oxygen atoms in total. The van der Waals surface area contributed by atoms with Crippen LogP contribution in [0.4, 0.5) is 5.69 Å². The largest absolute Gasteiger partial charge is 0.545 e. The predicted molar refractivity (Wildman–Crippen MR) is 97.5 cm³/mol. The normalized spacial score (nSPS) is 10.0. The van der Waals surface area contributed by atoms with Gasteiger partial charge in [0.05, 0.1) is 29.4 Å². The number of amides is 1. The molecule has 0 unspecified atom stereocenters. The monoisotopic (exact) mass is 397 g/mol. The first-order valence-electron chi connectivity index (χ1n) is 6.78. The van der Waals surface area contributed by atoms with Gasteiger partial charge in [-0.05, 0) is 48.1 Å². The van der Waals surface area contributed by atoms with Crippen molar-refractivity contribution in [1.29, 1.82) is 0 Å². The molecular weight excluding hydrogens is 387 g/mol. The van der Waals surface area contributed by atoms with Gasteiger partial charge in [-0.2, -0.15) is 0 Å². The van der Waals surface area contributed by atoms with E-state index in [9.17, 15) is 14.7 Å². The minimum absolute atomic E-state index is 0.0792. The second-order valence-electron chi connectivity index (χ2n) is 4.73. The summed E-state index contributed by atoms with van der Waals surface area (Å²) in [5, 5.41) is 16.5. The number of aromatic carboxylic acids is 1. The molecule has 0 radical (unpaired) electrons. The van der Waals surface area contributed by atoms with Crippen molar-refractivity contribution in [2.75, 3.05) is 12.4 Å². The van der Waals surface area contributed by atoms with Crippen molar-refractivity contribution in [3.8, 4) is 5.75 Å². The van der Waals surface area contributed by atoms with Crippen LogP contribution < -0.4 is 20.5 Å². The number of anilines is 1. The van der Waals surface area contributed by atoms with E-state index >= 15 is 0 Å². The van der Waals surface area contributed by atoms with E-state index in [0.717, 1.165) is 0 Å². The Morgan fingerprint density at radius 3 is 2.52 bits per heavy atom. The molecule has 0 fully saturated rings. The van der Waals surface area contributed by atoms with Gasteiger partial charge in [0, 0.05) is 5.02 Å². The van der Waals surface area contributed by atoms with E-state index in [0.29, 0.717) is 10.8 Å². The van der Waals surface area contributed by atoms with Crippen LogP contribution in [0.2, 0.25) is 10.0 Å². The molecule has 0 saturated carbocycles. The van der Waals surface area contributed by atoms with Crippen LogP contribution in [0.15, 0.2) is 36.4 Å². The molecule has 25 heavy (non-hydrogen) atoms. The molecule has 1 amide bonds. The van der Waals surface area contributed by atoms with Gasteiger partial charge in [-0.15, -0.1) is 0 Å². The third kappa shape index (κ3) is 4.82. The number of methoxy groups -OCH3 is 1. The summed E-state index contributed by atoms with van der Waals surface area (Å²) in [4.78, 5) is 23.2. The van der Waals surface area contributed by atoms with Crippen molar-refractivity contribution < 1.29 is 19.4 Å². The van der Waals surface area contributed by atoms with Crippen LogP contribution in [0.5, 0.6) is 5.75 Å². The minimum Gasteiger partial charge on any atom is -0.545 e. The number of hydrogen-bond acceptors (Lipinski definition) is 5. The molecule has 0 atom stereocenters. The summed E-state index contributed by atoms with van der Waals surface area (Å²) in [5.74, 6) is -1.59. The standard InChI is InChI=1S/C16H12Cl2N2O4S/c1-24-13-5-3-9(17)7-10(13)14(21)20-16(25)19-12-6-8(15(22)23)2-4-11(12)18/h2-7H,1H3,(H,22,23)(H2,19,20,21,25)/p-1. The van der Waals surface area contributed by atoms with E-state index in [1.165, 1.54) is 31.4 Å². The number of carboxylic acid groups (broad SMARTS) is 1. The lowest BCUT2D eigenvalue weighted by atomic mass is 10.2. The molecule has 0 saturated heterocycles. The number of hydrogen-bond donors (Lipinski definition) is 2. The fraction of sp³-hybridized carbons (Fsp3) is 0.0625. The van der Waals surface area contributed by atoms with Gasteiger partial charge in [-0.25, -0.2) is 0 Å². The predicted octanol–water partition coefficient (Wildman–Crippen LogP) is 2.49. The Kier molecular flexibility index (Phi) is 6.19.